The van der Waals surface area contributed by atoms with Gasteiger partial charge in [0.05, 0.1) is 0 Å². The van der Waals surface area contributed by atoms with Gasteiger partial charge in [-0.15, -0.1) is 0 Å². The molecule has 1 aromatic rings. The first-order valence-electron chi connectivity index (χ1n) is 7.59. The largest absolute Gasteiger partial charge is 0.396 e. The molecule has 118 valence electrons. The lowest BCUT2D eigenvalue weighted by atomic mass is 10.1. The van der Waals surface area contributed by atoms with E-state index in [1.54, 1.807) is 0 Å². The fourth-order valence-electron chi connectivity index (χ4n) is 2.65. The third kappa shape index (κ3) is 3.85. The monoisotopic (exact) mass is 312 g/mol. The lowest BCUT2D eigenvalue weighted by Gasteiger charge is -2.24. The molecule has 2 heterocycles. The summed E-state index contributed by atoms with van der Waals surface area (Å²) >= 11 is 1.33. The second-order valence-electron chi connectivity index (χ2n) is 5.32. The first kappa shape index (κ1) is 16.0. The minimum atomic E-state index is -0.0185. The van der Waals surface area contributed by atoms with Gasteiger partial charge in [0.25, 0.3) is 5.91 Å². The van der Waals surface area contributed by atoms with Gasteiger partial charge >= 0.3 is 0 Å². The molecule has 1 aromatic heterocycles. The molecule has 0 bridgehead atoms. The Morgan fingerprint density at radius 3 is 3.14 bits per heavy atom. The second kappa shape index (κ2) is 7.61. The summed E-state index contributed by atoms with van der Waals surface area (Å²) in [7, 11) is 0. The predicted octanol–water partition coefficient (Wildman–Crippen LogP) is 1.92. The maximum absolute atomic E-state index is 12.7. The van der Waals surface area contributed by atoms with Crippen LogP contribution in [0.2, 0.25) is 0 Å². The first-order valence-corrected chi connectivity index (χ1v) is 8.41. The van der Waals surface area contributed by atoms with E-state index in [1.807, 2.05) is 4.90 Å². The minimum Gasteiger partial charge on any atom is -0.396 e. The number of amides is 1. The maximum atomic E-state index is 12.7. The van der Waals surface area contributed by atoms with E-state index >= 15 is 0 Å². The normalized spacial score (nSPS) is 18.2. The number of rotatable bonds is 7. The summed E-state index contributed by atoms with van der Waals surface area (Å²) in [6.07, 6.45) is 4.60. The van der Waals surface area contributed by atoms with Crippen LogP contribution in [0.3, 0.4) is 0 Å². The Kier molecular flexibility index (Phi) is 5.81. The van der Waals surface area contributed by atoms with Crippen LogP contribution in [0.4, 0.5) is 10.9 Å². The molecular weight excluding hydrogens is 288 g/mol. The number of thiazole rings is 1. The number of likely N-dealkylation sites (tertiary alicyclic amines) is 1. The zero-order valence-electron chi connectivity index (χ0n) is 12.5. The van der Waals surface area contributed by atoms with E-state index < -0.39 is 0 Å². The molecular formula is C14H24N4O2S. The van der Waals surface area contributed by atoms with Crippen molar-refractivity contribution in [3.63, 3.8) is 0 Å². The third-order valence-corrected chi connectivity index (χ3v) is 4.72. The van der Waals surface area contributed by atoms with Crippen LogP contribution in [-0.4, -0.2) is 46.6 Å². The lowest BCUT2D eigenvalue weighted by Crippen LogP contribution is -2.35. The van der Waals surface area contributed by atoms with Crippen LogP contribution in [0, 0.1) is 0 Å². The fourth-order valence-corrected chi connectivity index (χ4v) is 3.52. The van der Waals surface area contributed by atoms with Crippen LogP contribution in [-0.2, 0) is 0 Å². The molecule has 0 aliphatic carbocycles. The van der Waals surface area contributed by atoms with Crippen molar-refractivity contribution >= 4 is 28.2 Å². The van der Waals surface area contributed by atoms with Crippen LogP contribution in [0.1, 0.15) is 48.7 Å². The number of anilines is 2. The van der Waals surface area contributed by atoms with Crippen molar-refractivity contribution in [2.24, 2.45) is 0 Å². The lowest BCUT2D eigenvalue weighted by molar-refractivity contribution is 0.0730. The molecule has 1 aliphatic rings. The zero-order chi connectivity index (χ0) is 15.2. The maximum Gasteiger partial charge on any atom is 0.268 e. The number of carbonyl (C=O) groups is 1. The van der Waals surface area contributed by atoms with Gasteiger partial charge in [-0.25, -0.2) is 4.98 Å². The Labute approximate surface area is 129 Å². The van der Waals surface area contributed by atoms with E-state index in [0.717, 1.165) is 45.2 Å². The van der Waals surface area contributed by atoms with E-state index in [1.165, 1.54) is 11.3 Å². The number of aromatic nitrogens is 1. The van der Waals surface area contributed by atoms with Crippen molar-refractivity contribution in [2.75, 3.05) is 30.7 Å². The van der Waals surface area contributed by atoms with Gasteiger partial charge in [-0.2, -0.15) is 0 Å². The fraction of sp³-hybridized carbons (Fsp3) is 0.714. The van der Waals surface area contributed by atoms with E-state index in [4.69, 9.17) is 10.8 Å². The van der Waals surface area contributed by atoms with Gasteiger partial charge in [0.2, 0.25) is 0 Å². The molecule has 7 heteroatoms. The van der Waals surface area contributed by atoms with E-state index in [0.29, 0.717) is 15.8 Å². The van der Waals surface area contributed by atoms with Crippen molar-refractivity contribution in [2.45, 2.75) is 45.1 Å². The standard InChI is InChI=1S/C14H24N4O2S/c1-2-7-16-14-17-12(15)11(21-14)13(20)18-8-3-5-10(18)6-4-9-19/h10,19H,2-9,15H2,1H3,(H,16,17). The summed E-state index contributed by atoms with van der Waals surface area (Å²) in [5.41, 5.74) is 5.90. The van der Waals surface area contributed by atoms with Gasteiger partial charge < -0.3 is 21.1 Å². The number of nitrogen functional groups attached to an aromatic ring is 1. The predicted molar refractivity (Wildman–Crippen MR) is 85.7 cm³/mol. The van der Waals surface area contributed by atoms with Crippen molar-refractivity contribution in [1.29, 1.82) is 0 Å². The number of nitrogens with one attached hydrogen (secondary N) is 1. The number of hydrogen-bond donors (Lipinski definition) is 3. The number of aliphatic hydroxyl groups is 1. The van der Waals surface area contributed by atoms with Crippen molar-refractivity contribution in [3.05, 3.63) is 4.88 Å². The highest BCUT2D eigenvalue weighted by Crippen LogP contribution is 2.30. The van der Waals surface area contributed by atoms with Crippen molar-refractivity contribution < 1.29 is 9.90 Å². The first-order chi connectivity index (χ1) is 10.2. The van der Waals surface area contributed by atoms with Gasteiger partial charge in [-0.1, -0.05) is 18.3 Å². The minimum absolute atomic E-state index is 0.0185. The highest BCUT2D eigenvalue weighted by molar-refractivity contribution is 7.18. The van der Waals surface area contributed by atoms with Gasteiger partial charge in [0, 0.05) is 25.7 Å². The molecule has 0 saturated carbocycles. The van der Waals surface area contributed by atoms with Crippen molar-refractivity contribution in [1.82, 2.24) is 9.88 Å². The summed E-state index contributed by atoms with van der Waals surface area (Å²) in [6, 6.07) is 0.221. The van der Waals surface area contributed by atoms with Gasteiger partial charge in [-0.05, 0) is 32.1 Å². The summed E-state index contributed by atoms with van der Waals surface area (Å²) in [5.74, 6) is 0.298. The Hall–Kier alpha value is -1.34. The molecule has 1 saturated heterocycles. The molecule has 21 heavy (non-hydrogen) atoms. The highest BCUT2D eigenvalue weighted by Gasteiger charge is 2.31. The molecule has 1 unspecified atom stereocenters. The van der Waals surface area contributed by atoms with E-state index in [-0.39, 0.29) is 18.6 Å². The van der Waals surface area contributed by atoms with Crippen LogP contribution < -0.4 is 11.1 Å². The average Bonchev–Trinajstić information content (AvgIpc) is 3.08. The number of aliphatic hydroxyl groups excluding tert-OH is 1. The number of nitrogens with two attached hydrogens (primary N) is 1. The molecule has 2 rings (SSSR count). The summed E-state index contributed by atoms with van der Waals surface area (Å²) in [6.45, 7) is 3.84. The van der Waals surface area contributed by atoms with Gasteiger partial charge in [-0.3, -0.25) is 4.79 Å². The quantitative estimate of drug-likeness (QED) is 0.715. The SMILES string of the molecule is CCCNc1nc(N)c(C(=O)N2CCCC2CCCO)s1. The number of hydrogen-bond acceptors (Lipinski definition) is 6. The van der Waals surface area contributed by atoms with Gasteiger partial charge in [0.15, 0.2) is 5.13 Å². The average molecular weight is 312 g/mol. The number of carbonyl (C=O) groups excluding carboxylic acids is 1. The van der Waals surface area contributed by atoms with Gasteiger partial charge in [0.1, 0.15) is 10.7 Å². The molecule has 0 spiro atoms. The summed E-state index contributed by atoms with van der Waals surface area (Å²) in [4.78, 5) is 19.3. The Morgan fingerprint density at radius 2 is 2.43 bits per heavy atom. The van der Waals surface area contributed by atoms with Crippen LogP contribution in [0.15, 0.2) is 0 Å². The van der Waals surface area contributed by atoms with Crippen LogP contribution in [0.25, 0.3) is 0 Å². The third-order valence-electron chi connectivity index (χ3n) is 3.71. The Bertz CT molecular complexity index is 478. The van der Waals surface area contributed by atoms with E-state index in [2.05, 4.69) is 17.2 Å². The molecule has 4 N–H and O–H groups in total. The van der Waals surface area contributed by atoms with Crippen LogP contribution in [0.5, 0.6) is 0 Å². The molecule has 1 atom stereocenters. The second-order valence-corrected chi connectivity index (χ2v) is 6.32. The highest BCUT2D eigenvalue weighted by atomic mass is 32.1. The molecule has 6 nitrogen and oxygen atoms in total. The van der Waals surface area contributed by atoms with E-state index in [9.17, 15) is 4.79 Å². The molecule has 0 radical (unpaired) electrons. The van der Waals surface area contributed by atoms with Crippen LogP contribution >= 0.6 is 11.3 Å². The molecule has 1 fully saturated rings. The molecule has 0 aromatic carbocycles. The number of nitrogens with zero attached hydrogens (tertiary/aromatic N) is 2. The zero-order valence-corrected chi connectivity index (χ0v) is 13.3. The Morgan fingerprint density at radius 1 is 1.62 bits per heavy atom. The Balaban J connectivity index is 2.06. The van der Waals surface area contributed by atoms with Crippen molar-refractivity contribution in [3.8, 4) is 0 Å². The smallest absolute Gasteiger partial charge is 0.268 e. The molecule has 1 amide bonds. The molecule has 1 aliphatic heterocycles. The summed E-state index contributed by atoms with van der Waals surface area (Å²) in [5, 5.41) is 12.8. The summed E-state index contributed by atoms with van der Waals surface area (Å²) < 4.78 is 0. The topological polar surface area (TPSA) is 91.5 Å².